The van der Waals surface area contributed by atoms with E-state index in [2.05, 4.69) is 11.4 Å². The number of nitrogens with one attached hydrogen (secondary N) is 1. The Bertz CT molecular complexity index is 312. The van der Waals surface area contributed by atoms with Gasteiger partial charge in [0.15, 0.2) is 0 Å². The van der Waals surface area contributed by atoms with Crippen LogP contribution in [0.15, 0.2) is 12.1 Å². The summed E-state index contributed by atoms with van der Waals surface area (Å²) in [6.07, 6.45) is 0.668. The van der Waals surface area contributed by atoms with Crippen LogP contribution in [0.5, 0.6) is 0 Å². The van der Waals surface area contributed by atoms with Crippen LogP contribution in [0.2, 0.25) is 5.02 Å². The van der Waals surface area contributed by atoms with Crippen molar-refractivity contribution in [2.24, 2.45) is 0 Å². The zero-order valence-electron chi connectivity index (χ0n) is 7.60. The Labute approximate surface area is 82.9 Å². The first-order chi connectivity index (χ1) is 6.15. The van der Waals surface area contributed by atoms with Crippen LogP contribution in [-0.4, -0.2) is 6.41 Å². The molecule has 1 aromatic carbocycles. The monoisotopic (exact) mass is 196 g/mol. The van der Waals surface area contributed by atoms with Crippen molar-refractivity contribution in [1.29, 1.82) is 0 Å². The van der Waals surface area contributed by atoms with Gasteiger partial charge in [-0.05, 0) is 43.2 Å². The molecule has 13 heavy (non-hydrogen) atoms. The third kappa shape index (κ3) is 2.46. The summed E-state index contributed by atoms with van der Waals surface area (Å²) < 4.78 is 0. The van der Waals surface area contributed by atoms with Gasteiger partial charge in [-0.15, -0.1) is 0 Å². The average Bonchev–Trinajstić information content (AvgIpc) is 2.04. The van der Waals surface area contributed by atoms with Gasteiger partial charge in [0.1, 0.15) is 0 Å². The smallest absolute Gasteiger partial charge is 0.207 e. The Morgan fingerprint density at radius 1 is 1.69 bits per heavy atom. The van der Waals surface area contributed by atoms with E-state index in [4.69, 9.17) is 11.6 Å². The summed E-state index contributed by atoms with van der Waals surface area (Å²) in [7, 11) is 0. The molecule has 0 bridgehead atoms. The summed E-state index contributed by atoms with van der Waals surface area (Å²) in [6.45, 7) is 3.80. The first kappa shape index (κ1) is 10.1. The van der Waals surface area contributed by atoms with Crippen LogP contribution in [0, 0.1) is 13.0 Å². The lowest BCUT2D eigenvalue weighted by Crippen LogP contribution is -2.16. The molecule has 0 aromatic heterocycles. The molecule has 1 amide bonds. The SMILES string of the molecule is Cc1[c]cc(C(C)NC=O)c(Cl)c1. The number of halogens is 1. The average molecular weight is 197 g/mol. The summed E-state index contributed by atoms with van der Waals surface area (Å²) in [5.74, 6) is 0. The third-order valence-electron chi connectivity index (χ3n) is 1.86. The fourth-order valence-corrected chi connectivity index (χ4v) is 1.48. The lowest BCUT2D eigenvalue weighted by Gasteiger charge is -2.12. The highest BCUT2D eigenvalue weighted by molar-refractivity contribution is 6.31. The second-order valence-corrected chi connectivity index (χ2v) is 3.33. The largest absolute Gasteiger partial charge is 0.352 e. The summed E-state index contributed by atoms with van der Waals surface area (Å²) in [4.78, 5) is 10.2. The van der Waals surface area contributed by atoms with Crippen LogP contribution in [0.3, 0.4) is 0 Å². The van der Waals surface area contributed by atoms with Crippen molar-refractivity contribution in [2.45, 2.75) is 19.9 Å². The van der Waals surface area contributed by atoms with E-state index in [1.807, 2.05) is 19.9 Å². The molecule has 0 spiro atoms. The molecule has 1 rings (SSSR count). The highest BCUT2D eigenvalue weighted by atomic mass is 35.5. The van der Waals surface area contributed by atoms with Crippen LogP contribution in [0.4, 0.5) is 0 Å². The number of hydrogen-bond donors (Lipinski definition) is 1. The normalized spacial score (nSPS) is 12.2. The minimum absolute atomic E-state index is 0.0677. The molecule has 69 valence electrons. The quantitative estimate of drug-likeness (QED) is 0.739. The molecule has 1 N–H and O–H groups in total. The van der Waals surface area contributed by atoms with Gasteiger partial charge in [-0.2, -0.15) is 0 Å². The maximum Gasteiger partial charge on any atom is 0.207 e. The number of benzene rings is 1. The third-order valence-corrected chi connectivity index (χ3v) is 2.19. The van der Waals surface area contributed by atoms with Crippen LogP contribution in [-0.2, 0) is 4.79 Å². The lowest BCUT2D eigenvalue weighted by molar-refractivity contribution is -0.110. The maximum atomic E-state index is 10.2. The molecule has 0 aliphatic carbocycles. The van der Waals surface area contributed by atoms with Gasteiger partial charge in [0, 0.05) is 5.02 Å². The maximum absolute atomic E-state index is 10.2. The summed E-state index contributed by atoms with van der Waals surface area (Å²) in [6, 6.07) is 6.61. The molecule has 2 nitrogen and oxygen atoms in total. The van der Waals surface area contributed by atoms with Crippen molar-refractivity contribution in [1.82, 2.24) is 5.32 Å². The van der Waals surface area contributed by atoms with E-state index in [0.717, 1.165) is 11.1 Å². The molecule has 0 aliphatic rings. The number of amides is 1. The molecule has 1 atom stereocenters. The van der Waals surface area contributed by atoms with Crippen molar-refractivity contribution in [3.63, 3.8) is 0 Å². The number of rotatable bonds is 3. The molecule has 1 unspecified atom stereocenters. The standard InChI is InChI=1S/C10H11ClNO/c1-7-3-4-9(10(11)5-7)8(2)12-6-13/h4-6,8H,1-2H3,(H,12,13). The van der Waals surface area contributed by atoms with Crippen molar-refractivity contribution in [3.8, 4) is 0 Å². The number of carbonyl (C=O) groups is 1. The fraction of sp³-hybridized carbons (Fsp3) is 0.300. The van der Waals surface area contributed by atoms with Crippen LogP contribution in [0.1, 0.15) is 24.1 Å². The van der Waals surface area contributed by atoms with Crippen LogP contribution >= 0.6 is 11.6 Å². The Morgan fingerprint density at radius 3 is 2.92 bits per heavy atom. The predicted octanol–water partition coefficient (Wildman–Crippen LogP) is 2.26. The zero-order chi connectivity index (χ0) is 9.84. The van der Waals surface area contributed by atoms with Crippen LogP contribution < -0.4 is 5.32 Å². The van der Waals surface area contributed by atoms with Gasteiger partial charge in [0.2, 0.25) is 6.41 Å². The Morgan fingerprint density at radius 2 is 2.38 bits per heavy atom. The summed E-state index contributed by atoms with van der Waals surface area (Å²) >= 11 is 5.98. The first-order valence-corrected chi connectivity index (χ1v) is 4.40. The fourth-order valence-electron chi connectivity index (χ4n) is 1.10. The van der Waals surface area contributed by atoms with Gasteiger partial charge < -0.3 is 5.32 Å². The van der Waals surface area contributed by atoms with Crippen LogP contribution in [0.25, 0.3) is 0 Å². The van der Waals surface area contributed by atoms with Gasteiger partial charge in [0.05, 0.1) is 6.04 Å². The minimum atomic E-state index is -0.0677. The summed E-state index contributed by atoms with van der Waals surface area (Å²) in [5.41, 5.74) is 1.88. The van der Waals surface area contributed by atoms with E-state index in [9.17, 15) is 4.79 Å². The molecular formula is C10H11ClNO. The van der Waals surface area contributed by atoms with E-state index in [1.54, 1.807) is 6.07 Å². The Hall–Kier alpha value is -1.02. The van der Waals surface area contributed by atoms with E-state index >= 15 is 0 Å². The lowest BCUT2D eigenvalue weighted by atomic mass is 10.1. The molecule has 0 heterocycles. The molecular weight excluding hydrogens is 186 g/mol. The van der Waals surface area contributed by atoms with Gasteiger partial charge in [-0.25, -0.2) is 0 Å². The number of carbonyl (C=O) groups excluding carboxylic acids is 1. The molecule has 3 heteroatoms. The topological polar surface area (TPSA) is 29.1 Å². The van der Waals surface area contributed by atoms with E-state index < -0.39 is 0 Å². The highest BCUT2D eigenvalue weighted by Crippen LogP contribution is 2.22. The predicted molar refractivity (Wildman–Crippen MR) is 52.6 cm³/mol. The summed E-state index contributed by atoms with van der Waals surface area (Å²) in [5, 5.41) is 3.30. The molecule has 0 aliphatic heterocycles. The number of hydrogen-bond acceptors (Lipinski definition) is 1. The van der Waals surface area contributed by atoms with Crippen molar-refractivity contribution in [3.05, 3.63) is 34.3 Å². The zero-order valence-corrected chi connectivity index (χ0v) is 8.35. The van der Waals surface area contributed by atoms with E-state index in [1.165, 1.54) is 0 Å². The Balaban J connectivity index is 2.94. The number of aryl methyl sites for hydroxylation is 1. The Kier molecular flexibility index (Phi) is 3.32. The highest BCUT2D eigenvalue weighted by Gasteiger charge is 2.07. The van der Waals surface area contributed by atoms with E-state index in [-0.39, 0.29) is 6.04 Å². The molecule has 0 saturated carbocycles. The molecule has 1 aromatic rings. The van der Waals surface area contributed by atoms with Gasteiger partial charge in [-0.1, -0.05) is 11.6 Å². The second kappa shape index (κ2) is 4.28. The van der Waals surface area contributed by atoms with E-state index in [0.29, 0.717) is 11.4 Å². The molecule has 0 saturated heterocycles. The van der Waals surface area contributed by atoms with Gasteiger partial charge in [-0.3, -0.25) is 4.79 Å². The van der Waals surface area contributed by atoms with Gasteiger partial charge >= 0.3 is 0 Å². The van der Waals surface area contributed by atoms with Crippen molar-refractivity contribution < 1.29 is 4.79 Å². The molecule has 1 radical (unpaired) electrons. The molecule has 0 fully saturated rings. The van der Waals surface area contributed by atoms with Crippen molar-refractivity contribution in [2.75, 3.05) is 0 Å². The van der Waals surface area contributed by atoms with Gasteiger partial charge in [0.25, 0.3) is 0 Å². The van der Waals surface area contributed by atoms with Crippen molar-refractivity contribution >= 4 is 18.0 Å². The second-order valence-electron chi connectivity index (χ2n) is 2.93. The first-order valence-electron chi connectivity index (χ1n) is 4.02. The minimum Gasteiger partial charge on any atom is -0.352 e.